The topological polar surface area (TPSA) is 57.9 Å². The highest BCUT2D eigenvalue weighted by Gasteiger charge is 2.15. The van der Waals surface area contributed by atoms with Gasteiger partial charge in [0.05, 0.1) is 22.3 Å². The standard InChI is InChI=1S/C11H13NO2S/c1-3-10-7-9(8-12)5-6-11(10)15(13,14)4-2/h5-7H,3-4H2,1-2H3. The monoisotopic (exact) mass is 223 g/mol. The highest BCUT2D eigenvalue weighted by Crippen LogP contribution is 2.19. The molecule has 0 bridgehead atoms. The first-order valence-electron chi connectivity index (χ1n) is 4.81. The highest BCUT2D eigenvalue weighted by molar-refractivity contribution is 7.91. The molecule has 4 heteroatoms. The average Bonchev–Trinajstić information content (AvgIpc) is 2.28. The molecule has 1 rings (SSSR count). The van der Waals surface area contributed by atoms with E-state index in [0.29, 0.717) is 16.9 Å². The smallest absolute Gasteiger partial charge is 0.178 e. The van der Waals surface area contributed by atoms with Crippen LogP contribution in [0.2, 0.25) is 0 Å². The third-order valence-corrected chi connectivity index (χ3v) is 4.11. The van der Waals surface area contributed by atoms with Gasteiger partial charge in [-0.25, -0.2) is 8.42 Å². The molecule has 1 aromatic rings. The van der Waals surface area contributed by atoms with E-state index in [4.69, 9.17) is 5.26 Å². The van der Waals surface area contributed by atoms with Crippen molar-refractivity contribution in [3.05, 3.63) is 29.3 Å². The van der Waals surface area contributed by atoms with Gasteiger partial charge >= 0.3 is 0 Å². The quantitative estimate of drug-likeness (QED) is 0.786. The van der Waals surface area contributed by atoms with E-state index in [1.54, 1.807) is 19.1 Å². The molecule has 0 unspecified atom stereocenters. The summed E-state index contributed by atoms with van der Waals surface area (Å²) < 4.78 is 23.4. The van der Waals surface area contributed by atoms with Gasteiger partial charge in [0.2, 0.25) is 0 Å². The van der Waals surface area contributed by atoms with Gasteiger partial charge in [-0.3, -0.25) is 0 Å². The molecule has 0 spiro atoms. The summed E-state index contributed by atoms with van der Waals surface area (Å²) in [5.41, 5.74) is 1.22. The lowest BCUT2D eigenvalue weighted by Gasteiger charge is -2.07. The molecule has 0 fully saturated rings. The Balaban J connectivity index is 3.40. The van der Waals surface area contributed by atoms with Gasteiger partial charge in [-0.05, 0) is 30.2 Å². The van der Waals surface area contributed by atoms with E-state index in [1.165, 1.54) is 6.07 Å². The zero-order chi connectivity index (χ0) is 11.5. The van der Waals surface area contributed by atoms with Crippen molar-refractivity contribution in [3.8, 4) is 6.07 Å². The van der Waals surface area contributed by atoms with Crippen molar-refractivity contribution in [2.75, 3.05) is 5.75 Å². The summed E-state index contributed by atoms with van der Waals surface area (Å²) in [6, 6.07) is 6.71. The third kappa shape index (κ3) is 2.37. The molecule has 0 aliphatic carbocycles. The van der Waals surface area contributed by atoms with Crippen molar-refractivity contribution in [1.29, 1.82) is 5.26 Å². The predicted octanol–water partition coefficient (Wildman–Crippen LogP) is 1.91. The molecule has 1 aromatic carbocycles. The summed E-state index contributed by atoms with van der Waals surface area (Å²) in [5.74, 6) is 0.0892. The molecule has 3 nitrogen and oxygen atoms in total. The first kappa shape index (κ1) is 11.7. The van der Waals surface area contributed by atoms with Gasteiger partial charge in [0.15, 0.2) is 9.84 Å². The fraction of sp³-hybridized carbons (Fsp3) is 0.364. The number of hydrogen-bond donors (Lipinski definition) is 0. The van der Waals surface area contributed by atoms with E-state index in [9.17, 15) is 8.42 Å². The Hall–Kier alpha value is -1.34. The van der Waals surface area contributed by atoms with Gasteiger partial charge in [-0.15, -0.1) is 0 Å². The van der Waals surface area contributed by atoms with Crippen LogP contribution in [-0.4, -0.2) is 14.2 Å². The summed E-state index contributed by atoms with van der Waals surface area (Å²) >= 11 is 0. The van der Waals surface area contributed by atoms with Crippen molar-refractivity contribution in [3.63, 3.8) is 0 Å². The van der Waals surface area contributed by atoms with E-state index in [-0.39, 0.29) is 5.75 Å². The highest BCUT2D eigenvalue weighted by atomic mass is 32.2. The SMILES string of the molecule is CCc1cc(C#N)ccc1S(=O)(=O)CC. The fourth-order valence-corrected chi connectivity index (χ4v) is 2.57. The second-order valence-corrected chi connectivity index (χ2v) is 5.44. The summed E-state index contributed by atoms with van der Waals surface area (Å²) in [6.45, 7) is 3.50. The van der Waals surface area contributed by atoms with Crippen LogP contribution in [0.15, 0.2) is 23.1 Å². The number of benzene rings is 1. The molecule has 0 atom stereocenters. The van der Waals surface area contributed by atoms with Gasteiger partial charge in [0, 0.05) is 0 Å². The number of rotatable bonds is 3. The van der Waals surface area contributed by atoms with E-state index < -0.39 is 9.84 Å². The lowest BCUT2D eigenvalue weighted by atomic mass is 10.1. The Kier molecular flexibility index (Phi) is 3.48. The maximum Gasteiger partial charge on any atom is 0.178 e. The molecule has 80 valence electrons. The van der Waals surface area contributed by atoms with Crippen LogP contribution in [0, 0.1) is 11.3 Å². The normalized spacial score (nSPS) is 11.0. The van der Waals surface area contributed by atoms with Crippen LogP contribution < -0.4 is 0 Å². The molecule has 0 saturated heterocycles. The first-order valence-corrected chi connectivity index (χ1v) is 6.46. The number of aryl methyl sites for hydroxylation is 1. The van der Waals surface area contributed by atoms with E-state index >= 15 is 0 Å². The van der Waals surface area contributed by atoms with E-state index in [2.05, 4.69) is 0 Å². The molecule has 0 aliphatic heterocycles. The third-order valence-electron chi connectivity index (χ3n) is 2.29. The largest absolute Gasteiger partial charge is 0.224 e. The van der Waals surface area contributed by atoms with Crippen molar-refractivity contribution < 1.29 is 8.42 Å². The van der Waals surface area contributed by atoms with Crippen LogP contribution in [0.1, 0.15) is 25.0 Å². The fourth-order valence-electron chi connectivity index (χ4n) is 1.38. The zero-order valence-corrected chi connectivity index (χ0v) is 9.63. The van der Waals surface area contributed by atoms with Crippen molar-refractivity contribution in [2.24, 2.45) is 0 Å². The molecule has 0 aliphatic rings. The molecule has 0 saturated carbocycles. The number of hydrogen-bond acceptors (Lipinski definition) is 3. The Morgan fingerprint density at radius 3 is 2.47 bits per heavy atom. The number of nitrogens with zero attached hydrogens (tertiary/aromatic N) is 1. The van der Waals surface area contributed by atoms with Crippen molar-refractivity contribution in [1.82, 2.24) is 0 Å². The molecule has 15 heavy (non-hydrogen) atoms. The van der Waals surface area contributed by atoms with Crippen LogP contribution in [0.4, 0.5) is 0 Å². The molecule has 0 heterocycles. The van der Waals surface area contributed by atoms with E-state index in [0.717, 1.165) is 5.56 Å². The van der Waals surface area contributed by atoms with Crippen molar-refractivity contribution >= 4 is 9.84 Å². The maximum atomic E-state index is 11.7. The molecule has 0 amide bonds. The molecule has 0 aromatic heterocycles. The minimum atomic E-state index is -3.18. The Labute approximate surface area is 90.3 Å². The Bertz CT molecular complexity index is 498. The number of nitriles is 1. The molecular weight excluding hydrogens is 210 g/mol. The van der Waals surface area contributed by atoms with Crippen LogP contribution in [-0.2, 0) is 16.3 Å². The van der Waals surface area contributed by atoms with Gasteiger partial charge in [0.1, 0.15) is 0 Å². The second-order valence-electron chi connectivity index (χ2n) is 3.19. The van der Waals surface area contributed by atoms with Crippen LogP contribution in [0.25, 0.3) is 0 Å². The zero-order valence-electron chi connectivity index (χ0n) is 8.82. The second kappa shape index (κ2) is 4.45. The number of sulfone groups is 1. The molecule has 0 radical (unpaired) electrons. The minimum absolute atomic E-state index is 0.0892. The predicted molar refractivity (Wildman–Crippen MR) is 58.3 cm³/mol. The molecular formula is C11H13NO2S. The van der Waals surface area contributed by atoms with Gasteiger partial charge in [-0.1, -0.05) is 13.8 Å². The average molecular weight is 223 g/mol. The van der Waals surface area contributed by atoms with Crippen LogP contribution in [0.3, 0.4) is 0 Å². The van der Waals surface area contributed by atoms with Crippen LogP contribution >= 0.6 is 0 Å². The van der Waals surface area contributed by atoms with Crippen LogP contribution in [0.5, 0.6) is 0 Å². The lowest BCUT2D eigenvalue weighted by Crippen LogP contribution is -2.07. The summed E-state index contributed by atoms with van der Waals surface area (Å²) in [7, 11) is -3.18. The van der Waals surface area contributed by atoms with Gasteiger partial charge < -0.3 is 0 Å². The summed E-state index contributed by atoms with van der Waals surface area (Å²) in [4.78, 5) is 0.353. The Morgan fingerprint density at radius 1 is 1.33 bits per heavy atom. The Morgan fingerprint density at radius 2 is 2.00 bits per heavy atom. The summed E-state index contributed by atoms with van der Waals surface area (Å²) in [6.07, 6.45) is 0.615. The molecule has 0 N–H and O–H groups in total. The van der Waals surface area contributed by atoms with E-state index in [1.807, 2.05) is 13.0 Å². The minimum Gasteiger partial charge on any atom is -0.224 e. The van der Waals surface area contributed by atoms with Crippen molar-refractivity contribution in [2.45, 2.75) is 25.2 Å². The maximum absolute atomic E-state index is 11.7. The van der Waals surface area contributed by atoms with Gasteiger partial charge in [0.25, 0.3) is 0 Å². The first-order chi connectivity index (χ1) is 7.05. The van der Waals surface area contributed by atoms with Gasteiger partial charge in [-0.2, -0.15) is 5.26 Å². The lowest BCUT2D eigenvalue weighted by molar-refractivity contribution is 0.596. The summed E-state index contributed by atoms with van der Waals surface area (Å²) in [5, 5.41) is 8.71.